The standard InChI is InChI=1S/C27H35F3N4O4.C24H26F3N3O3.C20H22F3NO2.C4H8ClN3O.C2H2FO3.ClH.2Na/c1-17(21-12-18(14-28)11-19(13-21)15-29)37-25-24(20-5-7-22(30)8-6-20)34(9-10-36-25)16-23(31)32-33-26(35)38-27(2,3)4;1-15(19-9-16(12-25)8-17(10-19)13-26)33-24-23(18-2-4-20(27)5-3-18)30(6-7-32-24)14-21-11-22(31)29-28-21;1-13(17-9-14(11-21)8-15(10-17)12-22)26-20-19(24-6-7-25-20)16-2-4-18(23)5-3-16;1-3(9)7-8-4(6)2-5;3-1-5-6-2-4;;;/h5-8,11-13,17,24-25H,9-10,14-16H2,1-4H3,(H2,31,32)(H,33,35);2-5,8-10,15,23-24H,6-7,11-14H2,1H3,(H,29,31);2-5,8-10,13,19-20,24H,6-7,11-12H2,1H3;2H2,1H3,(H2,6,8)(H,7,9);1-2H;1H;;/q;;;;-1;;2*+1/t17-,24+,25-;15-,23+,24-;13-,19+,20-;;;;;/m111...../s1/i;;;;2D;;;. The topological polar surface area (TPSA) is 295 Å². The Morgan fingerprint density at radius 2 is 1.03 bits per heavy atom. The summed E-state index contributed by atoms with van der Waals surface area (Å²) in [5, 5.41) is 14.7. The second-order valence-electron chi connectivity index (χ2n) is 26.4. The molecule has 38 heteroatoms. The minimum atomic E-state index is -1.44. The Hall–Kier alpha value is -6.91. The van der Waals surface area contributed by atoms with Gasteiger partial charge in [0.05, 0.1) is 80.8 Å². The van der Waals surface area contributed by atoms with E-state index in [1.807, 2.05) is 11.8 Å². The molecular formula is C77H94Cl2F10N11Na2O13+. The molecule has 10 rings (SSSR count). The van der Waals surface area contributed by atoms with Crippen LogP contribution in [-0.4, -0.2) is 134 Å². The van der Waals surface area contributed by atoms with Crippen LogP contribution in [0.3, 0.4) is 0 Å². The Balaban J connectivity index is 0.000000409. The molecule has 0 radical (unpaired) electrons. The molecule has 8 N–H and O–H groups in total. The molecule has 115 heavy (non-hydrogen) atoms. The Bertz CT molecular complexity index is 4030. The normalized spacial score (nSPS) is 19.1. The van der Waals surface area contributed by atoms with Crippen molar-refractivity contribution in [2.45, 2.75) is 156 Å². The monoisotopic (exact) mass is 1690 g/mol. The van der Waals surface area contributed by atoms with Gasteiger partial charge in [0.2, 0.25) is 11.8 Å². The van der Waals surface area contributed by atoms with Gasteiger partial charge in [0.1, 0.15) is 74.8 Å². The summed E-state index contributed by atoms with van der Waals surface area (Å²) in [5.41, 5.74) is 24.7. The summed E-state index contributed by atoms with van der Waals surface area (Å²) in [6.07, 6.45) is -5.60. The smallest absolute Gasteiger partial charge is 0.443 e. The number of carbonyl (C=O) groups excluding carboxylic acids is 4. The van der Waals surface area contributed by atoms with Crippen LogP contribution in [0.4, 0.5) is 48.7 Å². The molecule has 6 aromatic rings. The van der Waals surface area contributed by atoms with Crippen LogP contribution in [0, 0.1) is 24.3 Å². The predicted molar refractivity (Wildman–Crippen MR) is 403 cm³/mol. The summed E-state index contributed by atoms with van der Waals surface area (Å²) in [5.74, 6) is -1.04. The number of amidine groups is 2. The van der Waals surface area contributed by atoms with Gasteiger partial charge in [-0.05, 0) is 152 Å². The van der Waals surface area contributed by atoms with E-state index in [-0.39, 0.29) is 138 Å². The van der Waals surface area contributed by atoms with Crippen molar-refractivity contribution in [1.29, 1.82) is 0 Å². The number of ether oxygens (including phenoxy) is 7. The number of amides is 3. The van der Waals surface area contributed by atoms with Gasteiger partial charge in [0, 0.05) is 33.1 Å². The number of carbonyl (C=O) groups is 4. The number of morpholine rings is 3. The molecular weight excluding hydrogens is 1590 g/mol. The van der Waals surface area contributed by atoms with Crippen molar-refractivity contribution in [3.05, 3.63) is 218 Å². The van der Waals surface area contributed by atoms with Crippen LogP contribution in [0.25, 0.3) is 0 Å². The second-order valence-corrected chi connectivity index (χ2v) is 26.7. The zero-order valence-corrected chi connectivity index (χ0v) is 70.5. The number of hydrogen-bond acceptors (Lipinski definition) is 19. The average molecular weight is 1690 g/mol. The average Bonchev–Trinajstić information content (AvgIpc) is 0.969. The number of alkyl halides is 7. The van der Waals surface area contributed by atoms with Crippen LogP contribution in [0.15, 0.2) is 143 Å². The minimum Gasteiger partial charge on any atom is -0.443 e. The Morgan fingerprint density at radius 1 is 0.643 bits per heavy atom. The fourth-order valence-corrected chi connectivity index (χ4v) is 11.7. The van der Waals surface area contributed by atoms with Gasteiger partial charge in [-0.2, -0.15) is 15.3 Å². The molecule has 0 aromatic heterocycles. The van der Waals surface area contributed by atoms with Crippen LogP contribution in [0.1, 0.15) is 159 Å². The van der Waals surface area contributed by atoms with Gasteiger partial charge in [-0.3, -0.25) is 24.2 Å². The first kappa shape index (κ1) is 100. The van der Waals surface area contributed by atoms with E-state index in [4.69, 9.17) is 57.6 Å². The number of nitrogens with one attached hydrogen (secondary N) is 4. The van der Waals surface area contributed by atoms with E-state index in [1.54, 1.807) is 107 Å². The Kier molecular flexibility index (Phi) is 46.7. The molecule has 4 aliphatic heterocycles. The van der Waals surface area contributed by atoms with Crippen LogP contribution in [-0.2, 0) is 97.4 Å². The van der Waals surface area contributed by atoms with Crippen LogP contribution in [0.5, 0.6) is 0 Å². The molecule has 9 atom stereocenters. The van der Waals surface area contributed by atoms with Crippen LogP contribution < -0.4 is 92.2 Å². The number of halogens is 12. The summed E-state index contributed by atoms with van der Waals surface area (Å²) in [7, 11) is 0. The molecule has 6 aromatic carbocycles. The van der Waals surface area contributed by atoms with E-state index in [9.17, 15) is 63.1 Å². The Morgan fingerprint density at radius 3 is 1.40 bits per heavy atom. The first-order chi connectivity index (χ1) is 54.0. The van der Waals surface area contributed by atoms with Gasteiger partial charge in [-0.15, -0.1) is 24.0 Å². The van der Waals surface area contributed by atoms with Crippen molar-refractivity contribution in [2.24, 2.45) is 26.8 Å². The maximum Gasteiger partial charge on any atom is 1.00 e. The largest absolute Gasteiger partial charge is 1.00 e. The zero-order valence-electron chi connectivity index (χ0n) is 66.0. The molecule has 3 fully saturated rings. The fourth-order valence-electron chi connectivity index (χ4n) is 11.7. The van der Waals surface area contributed by atoms with E-state index in [1.165, 1.54) is 61.5 Å². The zero-order chi connectivity index (χ0) is 82.7. The predicted octanol–water partition coefficient (Wildman–Crippen LogP) is 7.93. The maximum atomic E-state index is 13.7. The molecule has 0 unspecified atom stereocenters. The third-order valence-electron chi connectivity index (χ3n) is 16.6. The van der Waals surface area contributed by atoms with E-state index in [2.05, 4.69) is 51.6 Å². The molecule has 4 heterocycles. The van der Waals surface area contributed by atoms with Crippen molar-refractivity contribution in [1.82, 2.24) is 31.4 Å². The minimum absolute atomic E-state index is 0. The van der Waals surface area contributed by atoms with Crippen molar-refractivity contribution >= 4 is 65.7 Å². The van der Waals surface area contributed by atoms with E-state index in [0.29, 0.717) is 107 Å². The maximum absolute atomic E-state index is 13.7. The summed E-state index contributed by atoms with van der Waals surface area (Å²) in [6, 6.07) is 31.4. The third-order valence-corrected chi connectivity index (χ3v) is 16.9. The van der Waals surface area contributed by atoms with Gasteiger partial charge in [0.25, 0.3) is 0 Å². The SMILES string of the molecule is CC(=O)N/N=C(\N)CCl.C[C@@H](O[C@H]1OCCN(C/C(N)=N/NC(=O)OC(C)(C)C)[C@H]1c1ccc(F)cc1)c1cc(CF)cc(CF)c1.C[C@@H](O[C@H]1OCCN(CC2=NNC(=O)C2)[C@H]1c1ccc(F)cc1)c1cc(CF)cc(CF)c1.C[C@@H](O[C@H]1OCCN[C@H]1c1ccc(F)cc1)c1cc(CF)cc(CF)c1.Cl.[2H]C(=O)OO[CH-]F.[Na+].[Na+]. The van der Waals surface area contributed by atoms with Crippen molar-refractivity contribution in [2.75, 3.05) is 58.4 Å². The molecule has 620 valence electrons. The van der Waals surface area contributed by atoms with E-state index in [0.717, 1.165) is 11.1 Å². The van der Waals surface area contributed by atoms with Crippen LogP contribution >= 0.6 is 24.0 Å². The van der Waals surface area contributed by atoms with Crippen molar-refractivity contribution in [3.63, 3.8) is 0 Å². The summed E-state index contributed by atoms with van der Waals surface area (Å²) in [6.45, 7) is 10.8. The van der Waals surface area contributed by atoms with Gasteiger partial charge in [-0.25, -0.2) is 60.6 Å². The number of benzene rings is 6. The number of nitrogens with two attached hydrogens (primary N) is 2. The number of nitrogens with zero attached hydrogens (tertiary/aromatic N) is 5. The van der Waals surface area contributed by atoms with Crippen molar-refractivity contribution in [3.8, 4) is 0 Å². The number of hydrogen-bond donors (Lipinski definition) is 6. The van der Waals surface area contributed by atoms with Gasteiger partial charge in [-0.1, -0.05) is 91.0 Å². The molecule has 0 saturated carbocycles. The summed E-state index contributed by atoms with van der Waals surface area (Å²) < 4.78 is 178. The fraction of sp³-hybridized carbons (Fsp3) is 0.429. The van der Waals surface area contributed by atoms with E-state index < -0.39 is 113 Å². The number of rotatable bonds is 27. The molecule has 0 bridgehead atoms. The van der Waals surface area contributed by atoms with Gasteiger partial charge < -0.3 is 64.1 Å². The quantitative estimate of drug-likeness (QED) is 0.00328. The third kappa shape index (κ3) is 35.3. The Labute approximate surface area is 718 Å². The molecule has 0 spiro atoms. The van der Waals surface area contributed by atoms with Gasteiger partial charge in [0.15, 0.2) is 20.2 Å². The van der Waals surface area contributed by atoms with Crippen molar-refractivity contribution < 1.29 is 167 Å². The summed E-state index contributed by atoms with van der Waals surface area (Å²) in [4.78, 5) is 53.6. The second kappa shape index (κ2) is 53.5. The van der Waals surface area contributed by atoms with E-state index >= 15 is 0 Å². The first-order valence-electron chi connectivity index (χ1n) is 35.6. The number of hydrazone groups is 3. The molecule has 3 amide bonds. The molecule has 4 aliphatic rings. The summed E-state index contributed by atoms with van der Waals surface area (Å²) >= 11 is 5.23. The first-order valence-corrected chi connectivity index (χ1v) is 35.6. The molecule has 3 saturated heterocycles. The van der Waals surface area contributed by atoms with Gasteiger partial charge >= 0.3 is 71.7 Å². The molecule has 24 nitrogen and oxygen atoms in total. The molecule has 0 aliphatic carbocycles. The van der Waals surface area contributed by atoms with Crippen LogP contribution in [0.2, 0.25) is 0 Å².